The first-order valence-corrected chi connectivity index (χ1v) is 9.77. The van der Waals surface area contributed by atoms with Crippen LogP contribution in [0.25, 0.3) is 11.0 Å². The zero-order valence-corrected chi connectivity index (χ0v) is 15.3. The predicted molar refractivity (Wildman–Crippen MR) is 103 cm³/mol. The van der Waals surface area contributed by atoms with Crippen LogP contribution in [0.3, 0.4) is 0 Å². The molecule has 3 aromatic rings. The SMILES string of the molecule is CCCNc1c(NS(=O)(=O)c2ccc(C#N)cc2)c(=O)oc2ccccc12. The van der Waals surface area contributed by atoms with Crippen LogP contribution in [0, 0.1) is 11.3 Å². The number of sulfonamides is 1. The van der Waals surface area contributed by atoms with Crippen molar-refractivity contribution >= 4 is 32.4 Å². The van der Waals surface area contributed by atoms with Gasteiger partial charge in [-0.15, -0.1) is 0 Å². The molecule has 1 aromatic heterocycles. The molecule has 2 aromatic carbocycles. The van der Waals surface area contributed by atoms with Gasteiger partial charge in [-0.1, -0.05) is 19.1 Å². The molecule has 0 fully saturated rings. The van der Waals surface area contributed by atoms with E-state index in [2.05, 4.69) is 10.0 Å². The Labute approximate surface area is 156 Å². The molecule has 0 aliphatic rings. The first-order valence-electron chi connectivity index (χ1n) is 8.29. The summed E-state index contributed by atoms with van der Waals surface area (Å²) < 4.78 is 33.0. The van der Waals surface area contributed by atoms with E-state index in [4.69, 9.17) is 9.68 Å². The van der Waals surface area contributed by atoms with E-state index < -0.39 is 15.6 Å². The van der Waals surface area contributed by atoms with Crippen LogP contribution in [0.5, 0.6) is 0 Å². The highest BCUT2D eigenvalue weighted by Crippen LogP contribution is 2.30. The van der Waals surface area contributed by atoms with Crippen molar-refractivity contribution in [1.82, 2.24) is 0 Å². The van der Waals surface area contributed by atoms with Gasteiger partial charge in [0, 0.05) is 11.9 Å². The highest BCUT2D eigenvalue weighted by Gasteiger charge is 2.21. The first-order chi connectivity index (χ1) is 13.0. The zero-order valence-electron chi connectivity index (χ0n) is 14.5. The molecule has 3 rings (SSSR count). The summed E-state index contributed by atoms with van der Waals surface area (Å²) in [7, 11) is -4.04. The Bertz CT molecular complexity index is 1180. The minimum atomic E-state index is -4.04. The van der Waals surface area contributed by atoms with Gasteiger partial charge in [0.25, 0.3) is 10.0 Å². The van der Waals surface area contributed by atoms with Gasteiger partial charge < -0.3 is 9.73 Å². The molecule has 7 nitrogen and oxygen atoms in total. The van der Waals surface area contributed by atoms with Gasteiger partial charge in [0.05, 0.1) is 22.2 Å². The number of para-hydroxylation sites is 1. The lowest BCUT2D eigenvalue weighted by Crippen LogP contribution is -2.21. The van der Waals surface area contributed by atoms with Crippen molar-refractivity contribution in [2.45, 2.75) is 18.2 Å². The van der Waals surface area contributed by atoms with E-state index >= 15 is 0 Å². The summed E-state index contributed by atoms with van der Waals surface area (Å²) >= 11 is 0. The third kappa shape index (κ3) is 3.78. The fourth-order valence-electron chi connectivity index (χ4n) is 2.58. The van der Waals surface area contributed by atoms with Crippen LogP contribution >= 0.6 is 0 Å². The largest absolute Gasteiger partial charge is 0.421 e. The Hall–Kier alpha value is -3.31. The smallest absolute Gasteiger partial charge is 0.363 e. The summed E-state index contributed by atoms with van der Waals surface area (Å²) in [4.78, 5) is 12.4. The standard InChI is InChI=1S/C19H17N3O4S/c1-2-11-21-17-15-5-3-4-6-16(15)26-19(23)18(17)22-27(24,25)14-9-7-13(12-20)8-10-14/h3-10,21-22H,2,11H2,1H3. The fourth-order valence-corrected chi connectivity index (χ4v) is 3.64. The second-order valence-electron chi connectivity index (χ2n) is 5.80. The number of nitrogens with zero attached hydrogens (tertiary/aromatic N) is 1. The van der Waals surface area contributed by atoms with Gasteiger partial charge in [-0.3, -0.25) is 4.72 Å². The number of nitrogens with one attached hydrogen (secondary N) is 2. The molecular formula is C19H17N3O4S. The second-order valence-corrected chi connectivity index (χ2v) is 7.49. The van der Waals surface area contributed by atoms with Gasteiger partial charge in [0.15, 0.2) is 5.69 Å². The van der Waals surface area contributed by atoms with Crippen LogP contribution in [-0.4, -0.2) is 15.0 Å². The number of hydrogen-bond donors (Lipinski definition) is 2. The topological polar surface area (TPSA) is 112 Å². The highest BCUT2D eigenvalue weighted by molar-refractivity contribution is 7.92. The van der Waals surface area contributed by atoms with Gasteiger partial charge >= 0.3 is 5.63 Å². The molecule has 0 spiro atoms. The Morgan fingerprint density at radius 1 is 1.07 bits per heavy atom. The molecule has 0 saturated heterocycles. The maximum Gasteiger partial charge on any atom is 0.363 e. The molecule has 1 heterocycles. The maximum absolute atomic E-state index is 12.7. The van der Waals surface area contributed by atoms with E-state index in [9.17, 15) is 13.2 Å². The summed E-state index contributed by atoms with van der Waals surface area (Å²) in [5.74, 6) is 0. The van der Waals surface area contributed by atoms with Crippen molar-refractivity contribution in [3.63, 3.8) is 0 Å². The number of anilines is 2. The highest BCUT2D eigenvalue weighted by atomic mass is 32.2. The maximum atomic E-state index is 12.7. The third-order valence-corrected chi connectivity index (χ3v) is 5.26. The fraction of sp³-hybridized carbons (Fsp3) is 0.158. The van der Waals surface area contributed by atoms with Crippen LogP contribution in [0.2, 0.25) is 0 Å². The van der Waals surface area contributed by atoms with Crippen LogP contribution in [0.15, 0.2) is 62.6 Å². The molecule has 0 atom stereocenters. The quantitative estimate of drug-likeness (QED) is 0.632. The average molecular weight is 383 g/mol. The molecule has 0 aliphatic carbocycles. The van der Waals surface area contributed by atoms with Crippen LogP contribution < -0.4 is 15.7 Å². The van der Waals surface area contributed by atoms with Crippen molar-refractivity contribution in [1.29, 1.82) is 5.26 Å². The Balaban J connectivity index is 2.11. The van der Waals surface area contributed by atoms with Crippen LogP contribution in [0.4, 0.5) is 11.4 Å². The average Bonchev–Trinajstić information content (AvgIpc) is 2.67. The van der Waals surface area contributed by atoms with Gasteiger partial charge in [0.1, 0.15) is 5.58 Å². The third-order valence-electron chi connectivity index (χ3n) is 3.90. The molecular weight excluding hydrogens is 366 g/mol. The van der Waals surface area contributed by atoms with E-state index in [1.54, 1.807) is 24.3 Å². The summed E-state index contributed by atoms with van der Waals surface area (Å²) in [6, 6.07) is 14.2. The van der Waals surface area contributed by atoms with Crippen molar-refractivity contribution in [2.24, 2.45) is 0 Å². The molecule has 8 heteroatoms. The minimum Gasteiger partial charge on any atom is -0.421 e. The van der Waals surface area contributed by atoms with E-state index in [0.717, 1.165) is 6.42 Å². The molecule has 0 radical (unpaired) electrons. The van der Waals surface area contributed by atoms with Gasteiger partial charge in [-0.05, 0) is 42.8 Å². The van der Waals surface area contributed by atoms with Crippen LogP contribution in [0.1, 0.15) is 18.9 Å². The number of nitriles is 1. The lowest BCUT2D eigenvalue weighted by atomic mass is 10.2. The molecule has 0 saturated carbocycles. The van der Waals surface area contributed by atoms with Gasteiger partial charge in [-0.25, -0.2) is 13.2 Å². The Morgan fingerprint density at radius 2 is 1.78 bits per heavy atom. The van der Waals surface area contributed by atoms with E-state index in [1.807, 2.05) is 13.0 Å². The Kier molecular flexibility index (Phi) is 5.14. The predicted octanol–water partition coefficient (Wildman–Crippen LogP) is 3.29. The summed E-state index contributed by atoms with van der Waals surface area (Å²) in [6.45, 7) is 2.51. The Morgan fingerprint density at radius 3 is 2.44 bits per heavy atom. The summed E-state index contributed by atoms with van der Waals surface area (Å²) in [6.07, 6.45) is 0.788. The number of hydrogen-bond acceptors (Lipinski definition) is 6. The monoisotopic (exact) mass is 383 g/mol. The van der Waals surface area contributed by atoms with E-state index in [1.165, 1.54) is 24.3 Å². The molecule has 138 valence electrons. The van der Waals surface area contributed by atoms with E-state index in [-0.39, 0.29) is 10.6 Å². The summed E-state index contributed by atoms with van der Waals surface area (Å²) in [5, 5.41) is 12.6. The van der Waals surface area contributed by atoms with Crippen molar-refractivity contribution in [2.75, 3.05) is 16.6 Å². The van der Waals surface area contributed by atoms with E-state index in [0.29, 0.717) is 28.8 Å². The molecule has 0 bridgehead atoms. The van der Waals surface area contributed by atoms with Crippen LogP contribution in [-0.2, 0) is 10.0 Å². The first kappa shape index (κ1) is 18.5. The van der Waals surface area contributed by atoms with Crippen molar-refractivity contribution in [3.8, 4) is 6.07 Å². The molecule has 2 N–H and O–H groups in total. The molecule has 27 heavy (non-hydrogen) atoms. The number of benzene rings is 2. The van der Waals surface area contributed by atoms with Gasteiger partial charge in [-0.2, -0.15) is 5.26 Å². The second kappa shape index (κ2) is 7.51. The number of rotatable bonds is 6. The lowest BCUT2D eigenvalue weighted by molar-refractivity contribution is 0.563. The lowest BCUT2D eigenvalue weighted by Gasteiger charge is -2.15. The molecule has 0 amide bonds. The summed E-state index contributed by atoms with van der Waals surface area (Å²) in [5.41, 5.74) is 0.115. The minimum absolute atomic E-state index is 0.0597. The zero-order chi connectivity index (χ0) is 19.4. The normalized spacial score (nSPS) is 11.1. The van der Waals surface area contributed by atoms with Gasteiger partial charge in [0.2, 0.25) is 0 Å². The number of fused-ring (bicyclic) bond motifs is 1. The molecule has 0 unspecified atom stereocenters. The van der Waals surface area contributed by atoms with Crippen molar-refractivity contribution in [3.05, 3.63) is 64.5 Å². The molecule has 0 aliphatic heterocycles. The van der Waals surface area contributed by atoms with Crippen molar-refractivity contribution < 1.29 is 12.8 Å².